The van der Waals surface area contributed by atoms with E-state index in [1.165, 1.54) is 6.42 Å². The maximum absolute atomic E-state index is 12.2. The van der Waals surface area contributed by atoms with Gasteiger partial charge in [-0.25, -0.2) is 0 Å². The fourth-order valence-corrected chi connectivity index (χ4v) is 3.22. The van der Waals surface area contributed by atoms with E-state index in [1.807, 2.05) is 13.8 Å². The summed E-state index contributed by atoms with van der Waals surface area (Å²) < 4.78 is 0. The van der Waals surface area contributed by atoms with Crippen LogP contribution in [0.2, 0.25) is 0 Å². The molecule has 2 fully saturated rings. The molecule has 1 aromatic rings. The second-order valence-corrected chi connectivity index (χ2v) is 6.62. The van der Waals surface area contributed by atoms with Crippen molar-refractivity contribution >= 4 is 17.5 Å². The highest BCUT2D eigenvalue weighted by Crippen LogP contribution is 2.54. The molecule has 2 N–H and O–H groups in total. The summed E-state index contributed by atoms with van der Waals surface area (Å²) in [5.41, 5.74) is 1.38. The molecule has 3 rings (SSSR count). The van der Waals surface area contributed by atoms with Crippen LogP contribution in [0.5, 0.6) is 0 Å². The number of hydrogen-bond donors (Lipinski definition) is 2. The van der Waals surface area contributed by atoms with Gasteiger partial charge in [0.1, 0.15) is 0 Å². The van der Waals surface area contributed by atoms with E-state index in [0.29, 0.717) is 5.56 Å². The maximum atomic E-state index is 12.2. The SMILES string of the molecule is CC(C)NC(=O)c1ccc(NC(=O)C2CC3CC3C2)cc1. The van der Waals surface area contributed by atoms with Gasteiger partial charge in [-0.3, -0.25) is 9.59 Å². The molecule has 0 aliphatic heterocycles. The number of fused-ring (bicyclic) bond motifs is 1. The van der Waals surface area contributed by atoms with Crippen molar-refractivity contribution in [3.63, 3.8) is 0 Å². The first-order valence-corrected chi connectivity index (χ1v) is 7.74. The van der Waals surface area contributed by atoms with Gasteiger partial charge >= 0.3 is 0 Å². The molecule has 2 unspecified atom stereocenters. The quantitative estimate of drug-likeness (QED) is 0.894. The first kappa shape index (κ1) is 14.1. The van der Waals surface area contributed by atoms with E-state index in [2.05, 4.69) is 10.6 Å². The van der Waals surface area contributed by atoms with E-state index in [-0.39, 0.29) is 23.8 Å². The van der Waals surface area contributed by atoms with Crippen LogP contribution in [0.4, 0.5) is 5.69 Å². The van der Waals surface area contributed by atoms with Gasteiger partial charge < -0.3 is 10.6 Å². The summed E-state index contributed by atoms with van der Waals surface area (Å²) in [6.45, 7) is 3.86. The van der Waals surface area contributed by atoms with E-state index in [4.69, 9.17) is 0 Å². The zero-order valence-corrected chi connectivity index (χ0v) is 12.6. The molecule has 0 radical (unpaired) electrons. The number of carbonyl (C=O) groups excluding carboxylic acids is 2. The Morgan fingerprint density at radius 3 is 2.24 bits per heavy atom. The third kappa shape index (κ3) is 3.26. The van der Waals surface area contributed by atoms with Crippen molar-refractivity contribution in [1.82, 2.24) is 5.32 Å². The molecule has 0 saturated heterocycles. The Hall–Kier alpha value is -1.84. The lowest BCUT2D eigenvalue weighted by atomic mass is 10.0. The van der Waals surface area contributed by atoms with Crippen molar-refractivity contribution in [2.24, 2.45) is 17.8 Å². The lowest BCUT2D eigenvalue weighted by molar-refractivity contribution is -0.120. The van der Waals surface area contributed by atoms with Crippen LogP contribution in [0.3, 0.4) is 0 Å². The highest BCUT2D eigenvalue weighted by Gasteiger charge is 2.47. The predicted octanol–water partition coefficient (Wildman–Crippen LogP) is 2.81. The Balaban J connectivity index is 1.56. The van der Waals surface area contributed by atoms with Crippen molar-refractivity contribution < 1.29 is 9.59 Å². The van der Waals surface area contributed by atoms with Gasteiger partial charge in [0, 0.05) is 23.2 Å². The van der Waals surface area contributed by atoms with Gasteiger partial charge in [-0.1, -0.05) is 0 Å². The fourth-order valence-electron chi connectivity index (χ4n) is 3.22. The van der Waals surface area contributed by atoms with E-state index >= 15 is 0 Å². The first-order valence-electron chi connectivity index (χ1n) is 7.74. The molecule has 2 amide bonds. The topological polar surface area (TPSA) is 58.2 Å². The molecular formula is C17H22N2O2. The molecule has 4 nitrogen and oxygen atoms in total. The molecule has 112 valence electrons. The van der Waals surface area contributed by atoms with Crippen LogP contribution in [-0.2, 0) is 4.79 Å². The highest BCUT2D eigenvalue weighted by atomic mass is 16.2. The minimum Gasteiger partial charge on any atom is -0.350 e. The summed E-state index contributed by atoms with van der Waals surface area (Å²) in [5, 5.41) is 5.81. The lowest BCUT2D eigenvalue weighted by Gasteiger charge is -2.13. The fraction of sp³-hybridized carbons (Fsp3) is 0.529. The average molecular weight is 286 g/mol. The minimum absolute atomic E-state index is 0.0845. The molecule has 4 heteroatoms. The number of nitrogens with one attached hydrogen (secondary N) is 2. The molecule has 2 aliphatic rings. The van der Waals surface area contributed by atoms with Crippen molar-refractivity contribution in [3.05, 3.63) is 29.8 Å². The molecule has 1 aromatic carbocycles. The molecule has 0 spiro atoms. The molecular weight excluding hydrogens is 264 g/mol. The van der Waals surface area contributed by atoms with Gasteiger partial charge in [-0.2, -0.15) is 0 Å². The zero-order chi connectivity index (χ0) is 15.0. The Kier molecular flexibility index (Phi) is 3.70. The second kappa shape index (κ2) is 5.51. The van der Waals surface area contributed by atoms with Crippen molar-refractivity contribution in [2.45, 2.75) is 39.2 Å². The van der Waals surface area contributed by atoms with Crippen LogP contribution in [0.25, 0.3) is 0 Å². The second-order valence-electron chi connectivity index (χ2n) is 6.62. The number of rotatable bonds is 4. The summed E-state index contributed by atoms with van der Waals surface area (Å²) in [7, 11) is 0. The zero-order valence-electron chi connectivity index (χ0n) is 12.6. The summed E-state index contributed by atoms with van der Waals surface area (Å²) in [6.07, 6.45) is 3.42. The van der Waals surface area contributed by atoms with Crippen molar-refractivity contribution in [3.8, 4) is 0 Å². The number of benzene rings is 1. The standard InChI is InChI=1S/C17H22N2O2/c1-10(2)18-16(20)11-3-5-15(6-4-11)19-17(21)14-8-12-7-13(12)9-14/h3-6,10,12-14H,7-9H2,1-2H3,(H,18,20)(H,19,21). The molecule has 0 aromatic heterocycles. The summed E-state index contributed by atoms with van der Waals surface area (Å²) in [4.78, 5) is 24.0. The Morgan fingerprint density at radius 1 is 1.05 bits per heavy atom. The number of amides is 2. The van der Waals surface area contributed by atoms with E-state index < -0.39 is 0 Å². The van der Waals surface area contributed by atoms with Crippen LogP contribution in [0, 0.1) is 17.8 Å². The van der Waals surface area contributed by atoms with Crippen LogP contribution < -0.4 is 10.6 Å². The van der Waals surface area contributed by atoms with Crippen LogP contribution in [-0.4, -0.2) is 17.9 Å². The molecule has 0 heterocycles. The summed E-state index contributed by atoms with van der Waals surface area (Å²) in [6, 6.07) is 7.20. The van der Waals surface area contributed by atoms with E-state index in [1.54, 1.807) is 24.3 Å². The monoisotopic (exact) mass is 286 g/mol. The van der Waals surface area contributed by atoms with Gasteiger partial charge in [0.15, 0.2) is 0 Å². The van der Waals surface area contributed by atoms with Crippen LogP contribution >= 0.6 is 0 Å². The Morgan fingerprint density at radius 2 is 1.67 bits per heavy atom. The van der Waals surface area contributed by atoms with Gasteiger partial charge in [0.05, 0.1) is 0 Å². The largest absolute Gasteiger partial charge is 0.350 e. The lowest BCUT2D eigenvalue weighted by Crippen LogP contribution is -2.30. The normalized spacial score (nSPS) is 26.3. The Labute approximate surface area is 125 Å². The maximum Gasteiger partial charge on any atom is 0.251 e. The number of anilines is 1. The van der Waals surface area contributed by atoms with Crippen LogP contribution in [0.15, 0.2) is 24.3 Å². The number of carbonyl (C=O) groups is 2. The average Bonchev–Trinajstić information content (AvgIpc) is 3.05. The van der Waals surface area contributed by atoms with Crippen molar-refractivity contribution in [1.29, 1.82) is 0 Å². The molecule has 2 saturated carbocycles. The Bertz CT molecular complexity index is 540. The summed E-state index contributed by atoms with van der Waals surface area (Å²) >= 11 is 0. The molecule has 2 atom stereocenters. The van der Waals surface area contributed by atoms with Gasteiger partial charge in [-0.05, 0) is 69.2 Å². The van der Waals surface area contributed by atoms with E-state index in [0.717, 1.165) is 30.4 Å². The third-order valence-corrected chi connectivity index (χ3v) is 4.45. The molecule has 21 heavy (non-hydrogen) atoms. The highest BCUT2D eigenvalue weighted by molar-refractivity contribution is 5.96. The van der Waals surface area contributed by atoms with Gasteiger partial charge in [0.2, 0.25) is 5.91 Å². The van der Waals surface area contributed by atoms with Gasteiger partial charge in [0.25, 0.3) is 5.91 Å². The first-order chi connectivity index (χ1) is 10.0. The smallest absolute Gasteiger partial charge is 0.251 e. The van der Waals surface area contributed by atoms with Crippen molar-refractivity contribution in [2.75, 3.05) is 5.32 Å². The number of hydrogen-bond acceptors (Lipinski definition) is 2. The minimum atomic E-state index is -0.0845. The molecule has 0 bridgehead atoms. The predicted molar refractivity (Wildman–Crippen MR) is 82.0 cm³/mol. The van der Waals surface area contributed by atoms with E-state index in [9.17, 15) is 9.59 Å². The van der Waals surface area contributed by atoms with Gasteiger partial charge in [-0.15, -0.1) is 0 Å². The van der Waals surface area contributed by atoms with Crippen LogP contribution in [0.1, 0.15) is 43.5 Å². The third-order valence-electron chi connectivity index (χ3n) is 4.45. The summed E-state index contributed by atoms with van der Waals surface area (Å²) in [5.74, 6) is 1.84. The molecule has 2 aliphatic carbocycles.